The fraction of sp³-hybridized carbons (Fsp3) is 0.368. The summed E-state index contributed by atoms with van der Waals surface area (Å²) in [6, 6.07) is 28.1. The summed E-state index contributed by atoms with van der Waals surface area (Å²) in [5.41, 5.74) is 0.982. The van der Waals surface area contributed by atoms with Gasteiger partial charge in [0.25, 0.3) is 18.4 Å². The van der Waals surface area contributed by atoms with Gasteiger partial charge in [0, 0.05) is 0 Å². The Balaban J connectivity index is 1.51. The van der Waals surface area contributed by atoms with Gasteiger partial charge in [-0.2, -0.15) is 8.42 Å². The number of allylic oxidation sites excluding steroid dienone is 1. The fourth-order valence-corrected chi connectivity index (χ4v) is 11.5. The Hall–Kier alpha value is -3.39. The first-order valence-electron chi connectivity index (χ1n) is 15.5. The summed E-state index contributed by atoms with van der Waals surface area (Å²) in [4.78, 5) is 0.127. The van der Waals surface area contributed by atoms with Crippen LogP contribution in [0.15, 0.2) is 102 Å². The minimum Gasteiger partial charge on any atom is -0.401 e. The molecule has 0 radical (unpaired) electrons. The Bertz CT molecular complexity index is 1560. The van der Waals surface area contributed by atoms with Crippen molar-refractivity contribution in [3.8, 4) is 23.7 Å². The van der Waals surface area contributed by atoms with Gasteiger partial charge in [-0.3, -0.25) is 4.18 Å². The molecule has 4 nitrogen and oxygen atoms in total. The number of benzene rings is 3. The first kappa shape index (κ1) is 33.5. The van der Waals surface area contributed by atoms with Gasteiger partial charge in [0.05, 0.1) is 17.4 Å². The van der Waals surface area contributed by atoms with Crippen molar-refractivity contribution >= 4 is 28.8 Å². The van der Waals surface area contributed by atoms with Gasteiger partial charge in [-0.05, 0) is 65.4 Å². The zero-order chi connectivity index (χ0) is 31.5. The molecule has 6 heteroatoms. The van der Waals surface area contributed by atoms with Crippen LogP contribution in [0.1, 0.15) is 64.9 Å². The largest absolute Gasteiger partial charge is 0.401 e. The molecule has 1 unspecified atom stereocenters. The Labute approximate surface area is 266 Å². The number of hydrogen-bond donors (Lipinski definition) is 0. The molecule has 44 heavy (non-hydrogen) atoms. The number of rotatable bonds is 9. The topological polar surface area (TPSA) is 52.6 Å². The van der Waals surface area contributed by atoms with Gasteiger partial charge in [0.2, 0.25) is 0 Å². The summed E-state index contributed by atoms with van der Waals surface area (Å²) >= 11 is 0. The van der Waals surface area contributed by atoms with Crippen molar-refractivity contribution in [3.63, 3.8) is 0 Å². The van der Waals surface area contributed by atoms with E-state index in [0.29, 0.717) is 12.3 Å². The Morgan fingerprint density at radius 1 is 0.841 bits per heavy atom. The molecule has 0 spiro atoms. The van der Waals surface area contributed by atoms with Crippen LogP contribution in [-0.2, 0) is 18.7 Å². The zero-order valence-electron chi connectivity index (χ0n) is 26.4. The summed E-state index contributed by atoms with van der Waals surface area (Å²) in [5.74, 6) is 12.3. The molecule has 1 saturated carbocycles. The number of hydrogen-bond acceptors (Lipinski definition) is 4. The molecule has 0 aliphatic heterocycles. The maximum absolute atomic E-state index is 12.3. The normalized spacial score (nSPS) is 15.2. The maximum Gasteiger partial charge on any atom is 0.297 e. The average Bonchev–Trinajstić information content (AvgIpc) is 3.02. The third kappa shape index (κ3) is 8.62. The van der Waals surface area contributed by atoms with Crippen LogP contribution in [0.2, 0.25) is 5.04 Å². The van der Waals surface area contributed by atoms with E-state index in [0.717, 1.165) is 18.4 Å². The molecular formula is C38H44O4SSi. The number of aryl methyl sites for hydroxylation is 1. The first-order valence-corrected chi connectivity index (χ1v) is 18.8. The second-order valence-electron chi connectivity index (χ2n) is 12.4. The van der Waals surface area contributed by atoms with Crippen molar-refractivity contribution in [2.24, 2.45) is 5.92 Å². The quantitative estimate of drug-likeness (QED) is 0.144. The van der Waals surface area contributed by atoms with Crippen molar-refractivity contribution in [2.45, 2.75) is 82.3 Å². The van der Waals surface area contributed by atoms with E-state index in [1.165, 1.54) is 41.8 Å². The standard InChI is InChI=1S/C38H44O4SSi/c1-32-27-29-34(30-28-32)43(39,40)41-31-19-8-6-5-7-18-26-37(33-20-12-9-13-21-33)42-44(38(2,3)4,35-22-14-10-15-23-35)36-24-16-11-17-25-36/h10-11,14-18,22-30,33,37H,6,9,12-13,20-21,31H2,1-4H3/b26-18+. The minimum absolute atomic E-state index is 0.0534. The van der Waals surface area contributed by atoms with Gasteiger partial charge in [-0.1, -0.05) is 142 Å². The van der Waals surface area contributed by atoms with Crippen LogP contribution in [-0.4, -0.2) is 29.4 Å². The summed E-state index contributed by atoms with van der Waals surface area (Å²) in [6.07, 6.45) is 10.4. The van der Waals surface area contributed by atoms with Crippen molar-refractivity contribution in [3.05, 3.63) is 103 Å². The molecule has 0 saturated heterocycles. The van der Waals surface area contributed by atoms with Crippen LogP contribution in [0, 0.1) is 36.5 Å². The Kier molecular flexibility index (Phi) is 11.8. The van der Waals surface area contributed by atoms with Gasteiger partial charge < -0.3 is 4.43 Å². The SMILES string of the molecule is Cc1ccc(S(=O)(=O)OCC#CCC#C/C=C/C(O[Si](c2ccccc2)(c2ccccc2)C(C)(C)C)C2CCCCC2)cc1. The lowest BCUT2D eigenvalue weighted by Gasteiger charge is -2.46. The van der Waals surface area contributed by atoms with Crippen LogP contribution >= 0.6 is 0 Å². The Morgan fingerprint density at radius 3 is 2.00 bits per heavy atom. The van der Waals surface area contributed by atoms with Crippen LogP contribution in [0.25, 0.3) is 0 Å². The molecule has 3 aromatic carbocycles. The van der Waals surface area contributed by atoms with Crippen molar-refractivity contribution in [2.75, 3.05) is 6.61 Å². The van der Waals surface area contributed by atoms with Crippen molar-refractivity contribution in [1.29, 1.82) is 0 Å². The molecule has 4 rings (SSSR count). The highest BCUT2D eigenvalue weighted by Crippen LogP contribution is 2.40. The fourth-order valence-electron chi connectivity index (χ4n) is 5.94. The van der Waals surface area contributed by atoms with E-state index in [1.807, 2.05) is 13.0 Å². The lowest BCUT2D eigenvalue weighted by Crippen LogP contribution is -2.68. The van der Waals surface area contributed by atoms with E-state index in [1.54, 1.807) is 12.1 Å². The third-order valence-corrected chi connectivity index (χ3v) is 14.5. The highest BCUT2D eigenvalue weighted by atomic mass is 32.2. The molecular weight excluding hydrogens is 581 g/mol. The lowest BCUT2D eigenvalue weighted by molar-refractivity contribution is 0.136. The van der Waals surface area contributed by atoms with Gasteiger partial charge in [0.15, 0.2) is 0 Å². The van der Waals surface area contributed by atoms with E-state index in [9.17, 15) is 8.42 Å². The van der Waals surface area contributed by atoms with Gasteiger partial charge >= 0.3 is 0 Å². The summed E-state index contributed by atoms with van der Waals surface area (Å²) in [5, 5.41) is 2.45. The molecule has 0 heterocycles. The molecule has 3 aromatic rings. The second kappa shape index (κ2) is 15.6. The third-order valence-electron chi connectivity index (χ3n) is 8.21. The van der Waals surface area contributed by atoms with Gasteiger partial charge in [-0.15, -0.1) is 0 Å². The van der Waals surface area contributed by atoms with E-state index in [-0.39, 0.29) is 22.6 Å². The van der Waals surface area contributed by atoms with E-state index >= 15 is 0 Å². The average molecular weight is 625 g/mol. The molecule has 0 aromatic heterocycles. The molecule has 1 aliphatic carbocycles. The minimum atomic E-state index is -3.83. The molecule has 1 aliphatic rings. The van der Waals surface area contributed by atoms with Crippen molar-refractivity contribution < 1.29 is 17.0 Å². The van der Waals surface area contributed by atoms with Gasteiger partial charge in [0.1, 0.15) is 6.61 Å². The molecule has 0 N–H and O–H groups in total. The molecule has 230 valence electrons. The molecule has 1 fully saturated rings. The highest BCUT2D eigenvalue weighted by Gasteiger charge is 2.51. The predicted molar refractivity (Wildman–Crippen MR) is 183 cm³/mol. The monoisotopic (exact) mass is 624 g/mol. The Morgan fingerprint density at radius 2 is 1.43 bits per heavy atom. The smallest absolute Gasteiger partial charge is 0.297 e. The van der Waals surface area contributed by atoms with Crippen molar-refractivity contribution in [1.82, 2.24) is 0 Å². The van der Waals surface area contributed by atoms with Gasteiger partial charge in [-0.25, -0.2) is 0 Å². The highest BCUT2D eigenvalue weighted by molar-refractivity contribution is 7.86. The molecule has 0 amide bonds. The summed E-state index contributed by atoms with van der Waals surface area (Å²) < 4.78 is 37.2. The molecule has 0 bridgehead atoms. The summed E-state index contributed by atoms with van der Waals surface area (Å²) in [7, 11) is -6.54. The van der Waals surface area contributed by atoms with Crippen LogP contribution < -0.4 is 10.4 Å². The second-order valence-corrected chi connectivity index (χ2v) is 18.3. The van der Waals surface area contributed by atoms with E-state index in [2.05, 4.69) is 111 Å². The first-order chi connectivity index (χ1) is 21.1. The predicted octanol–water partition coefficient (Wildman–Crippen LogP) is 7.18. The van der Waals surface area contributed by atoms with Crippen LogP contribution in [0.4, 0.5) is 0 Å². The summed E-state index contributed by atoms with van der Waals surface area (Å²) in [6.45, 7) is 8.64. The van der Waals surface area contributed by atoms with E-state index in [4.69, 9.17) is 8.61 Å². The molecule has 1 atom stereocenters. The van der Waals surface area contributed by atoms with E-state index < -0.39 is 18.4 Å². The maximum atomic E-state index is 12.3. The van der Waals surface area contributed by atoms with Crippen LogP contribution in [0.3, 0.4) is 0 Å². The zero-order valence-corrected chi connectivity index (χ0v) is 28.2. The lowest BCUT2D eigenvalue weighted by atomic mass is 9.85. The van der Waals surface area contributed by atoms with Crippen LogP contribution in [0.5, 0.6) is 0 Å².